The zero-order chi connectivity index (χ0) is 14.4. The zero-order valence-electron chi connectivity index (χ0n) is 12.3. The van der Waals surface area contributed by atoms with Gasteiger partial charge in [0.05, 0.1) is 5.56 Å². The smallest absolute Gasteiger partial charge is 0.336 e. The van der Waals surface area contributed by atoms with E-state index in [4.69, 9.17) is 0 Å². The van der Waals surface area contributed by atoms with Gasteiger partial charge in [-0.25, -0.2) is 4.79 Å². The molecule has 1 aromatic rings. The molecule has 0 atom stereocenters. The highest BCUT2D eigenvalue weighted by Crippen LogP contribution is 2.55. The van der Waals surface area contributed by atoms with Crippen LogP contribution < -0.4 is 5.32 Å². The van der Waals surface area contributed by atoms with Crippen LogP contribution in [0.3, 0.4) is 0 Å². The second-order valence-electron chi connectivity index (χ2n) is 7.51. The van der Waals surface area contributed by atoms with Crippen molar-refractivity contribution in [1.82, 2.24) is 5.32 Å². The molecule has 4 fully saturated rings. The molecule has 112 valence electrons. The van der Waals surface area contributed by atoms with E-state index in [-0.39, 0.29) is 0 Å². The maximum Gasteiger partial charge on any atom is 0.336 e. The van der Waals surface area contributed by atoms with Crippen molar-refractivity contribution in [3.63, 3.8) is 0 Å². The number of rotatable bonds is 4. The number of nitrogens with one attached hydrogen (secondary N) is 1. The van der Waals surface area contributed by atoms with E-state index >= 15 is 0 Å². The molecule has 0 heterocycles. The average molecular weight is 285 g/mol. The summed E-state index contributed by atoms with van der Waals surface area (Å²) in [6.45, 7) is 0.689. The Kier molecular flexibility index (Phi) is 3.07. The van der Waals surface area contributed by atoms with Gasteiger partial charge in [0.25, 0.3) is 0 Å². The van der Waals surface area contributed by atoms with Crippen molar-refractivity contribution in [3.05, 3.63) is 35.4 Å². The summed E-state index contributed by atoms with van der Waals surface area (Å²) in [7, 11) is 0. The Bertz CT molecular complexity index is 531. The van der Waals surface area contributed by atoms with Gasteiger partial charge in [-0.05, 0) is 67.9 Å². The molecule has 21 heavy (non-hydrogen) atoms. The Morgan fingerprint density at radius 1 is 1.10 bits per heavy atom. The average Bonchev–Trinajstić information content (AvgIpc) is 2.44. The molecule has 3 heteroatoms. The zero-order valence-corrected chi connectivity index (χ0v) is 12.3. The van der Waals surface area contributed by atoms with Gasteiger partial charge in [-0.3, -0.25) is 0 Å². The van der Waals surface area contributed by atoms with Crippen molar-refractivity contribution < 1.29 is 9.90 Å². The van der Waals surface area contributed by atoms with Gasteiger partial charge in [-0.2, -0.15) is 0 Å². The highest BCUT2D eigenvalue weighted by atomic mass is 16.4. The minimum Gasteiger partial charge on any atom is -0.478 e. The van der Waals surface area contributed by atoms with E-state index in [1.165, 1.54) is 38.5 Å². The SMILES string of the molecule is O=C(O)c1ccccc1CNC12CC3CC(CC(C3)C1)C2. The molecule has 5 rings (SSSR count). The number of carboxylic acid groups (broad SMARTS) is 1. The molecule has 0 aromatic heterocycles. The van der Waals surface area contributed by atoms with Crippen LogP contribution in [0.1, 0.15) is 54.4 Å². The summed E-state index contributed by atoms with van der Waals surface area (Å²) in [4.78, 5) is 11.3. The van der Waals surface area contributed by atoms with Gasteiger partial charge in [-0.15, -0.1) is 0 Å². The molecule has 4 saturated carbocycles. The molecule has 4 aliphatic carbocycles. The quantitative estimate of drug-likeness (QED) is 0.891. The van der Waals surface area contributed by atoms with E-state index in [1.807, 2.05) is 12.1 Å². The van der Waals surface area contributed by atoms with Crippen molar-refractivity contribution in [1.29, 1.82) is 0 Å². The third kappa shape index (κ3) is 2.38. The van der Waals surface area contributed by atoms with Crippen LogP contribution in [0.25, 0.3) is 0 Å². The van der Waals surface area contributed by atoms with Crippen molar-refractivity contribution in [2.45, 2.75) is 50.6 Å². The molecular formula is C18H23NO2. The highest BCUT2D eigenvalue weighted by molar-refractivity contribution is 5.89. The van der Waals surface area contributed by atoms with Crippen LogP contribution in [0.15, 0.2) is 24.3 Å². The van der Waals surface area contributed by atoms with Crippen molar-refractivity contribution in [3.8, 4) is 0 Å². The summed E-state index contributed by atoms with van der Waals surface area (Å²) in [6.07, 6.45) is 8.21. The normalized spacial score (nSPS) is 36.9. The van der Waals surface area contributed by atoms with E-state index < -0.39 is 5.97 Å². The first-order chi connectivity index (χ1) is 10.1. The Hall–Kier alpha value is -1.35. The van der Waals surface area contributed by atoms with Crippen LogP contribution in [-0.2, 0) is 6.54 Å². The summed E-state index contributed by atoms with van der Waals surface area (Å²) >= 11 is 0. The van der Waals surface area contributed by atoms with Crippen LogP contribution in [0.4, 0.5) is 0 Å². The second-order valence-corrected chi connectivity index (χ2v) is 7.51. The maximum absolute atomic E-state index is 11.3. The first kappa shape index (κ1) is 13.3. The van der Waals surface area contributed by atoms with Crippen molar-refractivity contribution >= 4 is 5.97 Å². The fourth-order valence-corrected chi connectivity index (χ4v) is 5.49. The Labute approximate surface area is 125 Å². The summed E-state index contributed by atoms with van der Waals surface area (Å²) in [5, 5.41) is 13.1. The van der Waals surface area contributed by atoms with Gasteiger partial charge in [0.1, 0.15) is 0 Å². The monoisotopic (exact) mass is 285 g/mol. The molecule has 0 amide bonds. The number of benzene rings is 1. The molecule has 4 bridgehead atoms. The number of hydrogen-bond donors (Lipinski definition) is 2. The molecule has 4 aliphatic rings. The molecule has 2 N–H and O–H groups in total. The molecule has 0 unspecified atom stereocenters. The van der Waals surface area contributed by atoms with E-state index in [2.05, 4.69) is 5.32 Å². The standard InChI is InChI=1S/C18H23NO2/c20-17(21)16-4-2-1-3-15(16)11-19-18-8-12-5-13(9-18)7-14(6-12)10-18/h1-4,12-14,19H,5-11H2,(H,20,21). The number of aromatic carboxylic acids is 1. The first-order valence-electron chi connectivity index (χ1n) is 8.20. The van der Waals surface area contributed by atoms with E-state index in [0.29, 0.717) is 17.6 Å². The molecule has 0 aliphatic heterocycles. The molecular weight excluding hydrogens is 262 g/mol. The lowest BCUT2D eigenvalue weighted by Gasteiger charge is -2.57. The largest absolute Gasteiger partial charge is 0.478 e. The molecule has 3 nitrogen and oxygen atoms in total. The van der Waals surface area contributed by atoms with Gasteiger partial charge < -0.3 is 10.4 Å². The Morgan fingerprint density at radius 3 is 2.24 bits per heavy atom. The van der Waals surface area contributed by atoms with Gasteiger partial charge >= 0.3 is 5.97 Å². The van der Waals surface area contributed by atoms with Crippen molar-refractivity contribution in [2.75, 3.05) is 0 Å². The minimum atomic E-state index is -0.821. The number of carbonyl (C=O) groups is 1. The fourth-order valence-electron chi connectivity index (χ4n) is 5.49. The van der Waals surface area contributed by atoms with Crippen LogP contribution in [0, 0.1) is 17.8 Å². The molecule has 0 radical (unpaired) electrons. The van der Waals surface area contributed by atoms with Gasteiger partial charge in [0, 0.05) is 12.1 Å². The lowest BCUT2D eigenvalue weighted by molar-refractivity contribution is -0.0206. The van der Waals surface area contributed by atoms with Crippen LogP contribution in [-0.4, -0.2) is 16.6 Å². The van der Waals surface area contributed by atoms with Gasteiger partial charge in [0.15, 0.2) is 0 Å². The predicted molar refractivity (Wildman–Crippen MR) is 81.1 cm³/mol. The molecule has 0 saturated heterocycles. The molecule has 1 aromatic carbocycles. The predicted octanol–water partition coefficient (Wildman–Crippen LogP) is 3.44. The minimum absolute atomic E-state index is 0.292. The fraction of sp³-hybridized carbons (Fsp3) is 0.611. The van der Waals surface area contributed by atoms with Crippen molar-refractivity contribution in [2.24, 2.45) is 17.8 Å². The summed E-state index contributed by atoms with van der Waals surface area (Å²) in [5.74, 6) is 1.92. The number of hydrogen-bond acceptors (Lipinski definition) is 2. The van der Waals surface area contributed by atoms with Gasteiger partial charge in [-0.1, -0.05) is 18.2 Å². The summed E-state index contributed by atoms with van der Waals surface area (Å²) < 4.78 is 0. The Balaban J connectivity index is 1.51. The first-order valence-corrected chi connectivity index (χ1v) is 8.20. The summed E-state index contributed by atoms with van der Waals surface area (Å²) in [5.41, 5.74) is 1.65. The second kappa shape index (κ2) is 4.84. The Morgan fingerprint density at radius 2 is 1.67 bits per heavy atom. The lowest BCUT2D eigenvalue weighted by Crippen LogP contribution is -2.58. The van der Waals surface area contributed by atoms with E-state index in [0.717, 1.165) is 23.3 Å². The van der Waals surface area contributed by atoms with Gasteiger partial charge in [0.2, 0.25) is 0 Å². The topological polar surface area (TPSA) is 49.3 Å². The van der Waals surface area contributed by atoms with E-state index in [1.54, 1.807) is 12.1 Å². The summed E-state index contributed by atoms with van der Waals surface area (Å²) in [6, 6.07) is 7.39. The third-order valence-corrected chi connectivity index (χ3v) is 5.94. The van der Waals surface area contributed by atoms with Crippen LogP contribution in [0.2, 0.25) is 0 Å². The van der Waals surface area contributed by atoms with Crippen LogP contribution >= 0.6 is 0 Å². The highest BCUT2D eigenvalue weighted by Gasteiger charge is 2.50. The third-order valence-electron chi connectivity index (χ3n) is 5.94. The lowest BCUT2D eigenvalue weighted by atomic mass is 9.53. The maximum atomic E-state index is 11.3. The van der Waals surface area contributed by atoms with Crippen LogP contribution in [0.5, 0.6) is 0 Å². The number of carboxylic acids is 1. The molecule has 0 spiro atoms. The van der Waals surface area contributed by atoms with E-state index in [9.17, 15) is 9.90 Å².